The third-order valence-electron chi connectivity index (χ3n) is 6.00. The molecular formula is C23H23FN6O. The molecule has 0 radical (unpaired) electrons. The Morgan fingerprint density at radius 1 is 1.19 bits per heavy atom. The van der Waals surface area contributed by atoms with Gasteiger partial charge in [-0.05, 0) is 63.5 Å². The Labute approximate surface area is 178 Å². The van der Waals surface area contributed by atoms with Crippen LogP contribution >= 0.6 is 0 Å². The number of nitrogens with zero attached hydrogens (tertiary/aromatic N) is 5. The fourth-order valence-electron chi connectivity index (χ4n) is 4.41. The highest BCUT2D eigenvalue weighted by atomic mass is 19.1. The minimum absolute atomic E-state index is 0.231. The third kappa shape index (κ3) is 3.63. The maximum Gasteiger partial charge on any atom is 0.257 e. The zero-order chi connectivity index (χ0) is 21.5. The molecule has 8 heteroatoms. The van der Waals surface area contributed by atoms with Gasteiger partial charge < -0.3 is 14.6 Å². The third-order valence-corrected chi connectivity index (χ3v) is 6.00. The van der Waals surface area contributed by atoms with Gasteiger partial charge in [-0.3, -0.25) is 4.79 Å². The summed E-state index contributed by atoms with van der Waals surface area (Å²) in [5.74, 6) is -0.412. The zero-order valence-corrected chi connectivity index (χ0v) is 17.5. The first-order chi connectivity index (χ1) is 15.0. The van der Waals surface area contributed by atoms with Gasteiger partial charge in [0.05, 0.1) is 23.1 Å². The number of piperidine rings is 1. The molecule has 4 heterocycles. The molecule has 1 aliphatic heterocycles. The van der Waals surface area contributed by atoms with Crippen LogP contribution in [0.1, 0.15) is 40.4 Å². The molecule has 1 fully saturated rings. The average Bonchev–Trinajstić information content (AvgIpc) is 3.14. The van der Waals surface area contributed by atoms with Crippen molar-refractivity contribution < 1.29 is 9.18 Å². The van der Waals surface area contributed by atoms with Gasteiger partial charge in [0.2, 0.25) is 0 Å². The molecular weight excluding hydrogens is 395 g/mol. The van der Waals surface area contributed by atoms with E-state index in [9.17, 15) is 9.18 Å². The lowest BCUT2D eigenvalue weighted by atomic mass is 9.86. The van der Waals surface area contributed by atoms with Crippen LogP contribution in [0, 0.1) is 12.7 Å². The van der Waals surface area contributed by atoms with Gasteiger partial charge in [0.15, 0.2) is 11.5 Å². The van der Waals surface area contributed by atoms with Crippen molar-refractivity contribution in [2.45, 2.75) is 25.7 Å². The number of benzene rings is 1. The summed E-state index contributed by atoms with van der Waals surface area (Å²) in [4.78, 5) is 19.6. The summed E-state index contributed by atoms with van der Waals surface area (Å²) in [7, 11) is 2.14. The maximum atomic E-state index is 14.4. The largest absolute Gasteiger partial charge is 0.320 e. The topological polar surface area (TPSA) is 75.4 Å². The SMILES string of the molecule is Cc1cn2cc(NC(=O)c3ccc(C4CCN(C)CC4)c4ccnnc34)cc(F)c2n1. The molecule has 0 aliphatic carbocycles. The van der Waals surface area contributed by atoms with Crippen LogP contribution in [0.5, 0.6) is 0 Å². The van der Waals surface area contributed by atoms with Crippen LogP contribution in [0.2, 0.25) is 0 Å². The van der Waals surface area contributed by atoms with Crippen molar-refractivity contribution in [3.63, 3.8) is 0 Å². The Balaban J connectivity index is 1.49. The summed E-state index contributed by atoms with van der Waals surface area (Å²) < 4.78 is 16.0. The van der Waals surface area contributed by atoms with Crippen LogP contribution in [-0.2, 0) is 0 Å². The predicted octanol–water partition coefficient (Wildman–Crippen LogP) is 3.79. The normalized spacial score (nSPS) is 15.6. The van der Waals surface area contributed by atoms with Crippen LogP contribution in [0.15, 0.2) is 42.9 Å². The lowest BCUT2D eigenvalue weighted by Gasteiger charge is -2.29. The monoisotopic (exact) mass is 418 g/mol. The lowest BCUT2D eigenvalue weighted by molar-refractivity contribution is 0.102. The second-order valence-corrected chi connectivity index (χ2v) is 8.22. The van der Waals surface area contributed by atoms with Crippen molar-refractivity contribution in [1.82, 2.24) is 24.5 Å². The summed E-state index contributed by atoms with van der Waals surface area (Å²) in [6.07, 6.45) is 7.17. The molecule has 4 aromatic rings. The van der Waals surface area contributed by atoms with E-state index in [2.05, 4.69) is 32.4 Å². The van der Waals surface area contributed by atoms with E-state index in [1.54, 1.807) is 36.0 Å². The summed E-state index contributed by atoms with van der Waals surface area (Å²) in [6, 6.07) is 7.03. The first kappa shape index (κ1) is 19.6. The number of hydrogen-bond acceptors (Lipinski definition) is 5. The smallest absolute Gasteiger partial charge is 0.257 e. The molecule has 0 saturated carbocycles. The van der Waals surface area contributed by atoms with Crippen molar-refractivity contribution in [1.29, 1.82) is 0 Å². The Kier molecular flexibility index (Phi) is 4.86. The minimum Gasteiger partial charge on any atom is -0.320 e. The number of hydrogen-bond donors (Lipinski definition) is 1. The van der Waals surface area contributed by atoms with Gasteiger partial charge in [-0.15, -0.1) is 5.10 Å². The average molecular weight is 418 g/mol. The molecule has 158 valence electrons. The first-order valence-corrected chi connectivity index (χ1v) is 10.4. The van der Waals surface area contributed by atoms with E-state index in [-0.39, 0.29) is 11.6 Å². The Hall–Kier alpha value is -3.39. The van der Waals surface area contributed by atoms with Gasteiger partial charge in [-0.2, -0.15) is 5.10 Å². The first-order valence-electron chi connectivity index (χ1n) is 10.4. The van der Waals surface area contributed by atoms with Gasteiger partial charge in [0, 0.05) is 23.8 Å². The fourth-order valence-corrected chi connectivity index (χ4v) is 4.41. The molecule has 5 rings (SSSR count). The molecule has 0 unspecified atom stereocenters. The number of nitrogens with one attached hydrogen (secondary N) is 1. The number of likely N-dealkylation sites (tertiary alicyclic amines) is 1. The van der Waals surface area contributed by atoms with Crippen molar-refractivity contribution in [3.8, 4) is 0 Å². The van der Waals surface area contributed by atoms with Crippen molar-refractivity contribution in [3.05, 3.63) is 65.5 Å². The van der Waals surface area contributed by atoms with Crippen molar-refractivity contribution in [2.24, 2.45) is 0 Å². The molecule has 7 nitrogen and oxygen atoms in total. The van der Waals surface area contributed by atoms with Gasteiger partial charge in [-0.25, -0.2) is 9.37 Å². The highest BCUT2D eigenvalue weighted by Crippen LogP contribution is 2.33. The van der Waals surface area contributed by atoms with Crippen LogP contribution in [-0.4, -0.2) is 50.5 Å². The minimum atomic E-state index is -0.492. The van der Waals surface area contributed by atoms with E-state index in [4.69, 9.17) is 0 Å². The molecule has 0 atom stereocenters. The lowest BCUT2D eigenvalue weighted by Crippen LogP contribution is -2.29. The number of rotatable bonds is 3. The summed E-state index contributed by atoms with van der Waals surface area (Å²) in [5, 5.41) is 12.0. The number of fused-ring (bicyclic) bond motifs is 2. The van der Waals surface area contributed by atoms with Gasteiger partial charge in [-0.1, -0.05) is 6.07 Å². The summed E-state index contributed by atoms with van der Waals surface area (Å²) in [6.45, 7) is 3.89. The van der Waals surface area contributed by atoms with Crippen molar-refractivity contribution >= 4 is 28.1 Å². The quantitative estimate of drug-likeness (QED) is 0.548. The predicted molar refractivity (Wildman–Crippen MR) is 117 cm³/mol. The summed E-state index contributed by atoms with van der Waals surface area (Å²) >= 11 is 0. The number of anilines is 1. The van der Waals surface area contributed by atoms with Crippen LogP contribution in [0.4, 0.5) is 10.1 Å². The van der Waals surface area contributed by atoms with Gasteiger partial charge in [0.25, 0.3) is 5.91 Å². The molecule has 0 bridgehead atoms. The molecule has 1 N–H and O–H groups in total. The Morgan fingerprint density at radius 2 is 2.00 bits per heavy atom. The molecule has 1 aromatic carbocycles. The number of carbonyl (C=O) groups excluding carboxylic acids is 1. The molecule has 1 saturated heterocycles. The number of amides is 1. The van der Waals surface area contributed by atoms with Gasteiger partial charge >= 0.3 is 0 Å². The number of carbonyl (C=O) groups is 1. The number of pyridine rings is 1. The van der Waals surface area contributed by atoms with Crippen molar-refractivity contribution in [2.75, 3.05) is 25.5 Å². The zero-order valence-electron chi connectivity index (χ0n) is 17.5. The standard InChI is InChI=1S/C23H23FN6O/c1-14-12-30-13-16(11-20(24)22(30)26-14)27-23(31)19-4-3-17(15-6-9-29(2)10-7-15)18-5-8-25-28-21(18)19/h3-5,8,11-13,15H,6-7,9-10H2,1-2H3,(H,27,31). The van der Waals surface area contributed by atoms with E-state index in [1.165, 1.54) is 11.6 Å². The number of aromatic nitrogens is 4. The second-order valence-electron chi connectivity index (χ2n) is 8.22. The highest BCUT2D eigenvalue weighted by molar-refractivity contribution is 6.12. The Bertz CT molecular complexity index is 1290. The Morgan fingerprint density at radius 3 is 2.81 bits per heavy atom. The van der Waals surface area contributed by atoms with Crippen LogP contribution in [0.3, 0.4) is 0 Å². The van der Waals surface area contributed by atoms with Crippen LogP contribution < -0.4 is 5.32 Å². The highest BCUT2D eigenvalue weighted by Gasteiger charge is 2.23. The second kappa shape index (κ2) is 7.70. The van der Waals surface area contributed by atoms with Gasteiger partial charge in [0.1, 0.15) is 5.52 Å². The molecule has 1 aliphatic rings. The molecule has 1 amide bonds. The van der Waals surface area contributed by atoms with E-state index in [0.29, 0.717) is 28.4 Å². The number of halogens is 1. The maximum absolute atomic E-state index is 14.4. The fraction of sp³-hybridized carbons (Fsp3) is 0.304. The molecule has 0 spiro atoms. The van der Waals surface area contributed by atoms with E-state index in [1.807, 2.05) is 12.1 Å². The number of imidazole rings is 1. The molecule has 31 heavy (non-hydrogen) atoms. The van der Waals surface area contributed by atoms with E-state index >= 15 is 0 Å². The van der Waals surface area contributed by atoms with E-state index in [0.717, 1.165) is 31.3 Å². The molecule has 3 aromatic heterocycles. The summed E-state index contributed by atoms with van der Waals surface area (Å²) in [5.41, 5.74) is 3.47. The number of aryl methyl sites for hydroxylation is 1. The van der Waals surface area contributed by atoms with Crippen LogP contribution in [0.25, 0.3) is 16.6 Å². The van der Waals surface area contributed by atoms with E-state index < -0.39 is 5.82 Å².